The maximum Gasteiger partial charge on any atom is 0.304 e. The zero-order valence-corrected chi connectivity index (χ0v) is 5.21. The van der Waals surface area contributed by atoms with Crippen LogP contribution >= 0.6 is 15.9 Å². The molecule has 0 radical (unpaired) electrons. The van der Waals surface area contributed by atoms with Crippen molar-refractivity contribution in [1.82, 2.24) is 0 Å². The van der Waals surface area contributed by atoms with Crippen LogP contribution in [0.5, 0.6) is 0 Å². The Morgan fingerprint density at radius 2 is 1.86 bits per heavy atom. The number of rotatable bonds is 1. The quantitative estimate of drug-likeness (QED) is 0.531. The molecular formula is C4H5BrF2. The van der Waals surface area contributed by atoms with Crippen LogP contribution in [-0.2, 0) is 0 Å². The fraction of sp³-hybridized carbons (Fsp3) is 1.00. The fourth-order valence-corrected chi connectivity index (χ4v) is 0.868. The van der Waals surface area contributed by atoms with Gasteiger partial charge in [-0.2, -0.15) is 8.78 Å². The van der Waals surface area contributed by atoms with E-state index in [-0.39, 0.29) is 5.92 Å². The normalized spacial score (nSPS) is 22.7. The Morgan fingerprint density at radius 3 is 1.86 bits per heavy atom. The molecule has 42 valence electrons. The van der Waals surface area contributed by atoms with Gasteiger partial charge >= 0.3 is 4.83 Å². The number of hydrogen-bond donors (Lipinski definition) is 0. The second-order valence-corrected chi connectivity index (χ2v) is 2.87. The van der Waals surface area contributed by atoms with Gasteiger partial charge in [0, 0.05) is 5.92 Å². The van der Waals surface area contributed by atoms with E-state index < -0.39 is 4.83 Å². The molecule has 0 aromatic rings. The topological polar surface area (TPSA) is 0 Å². The lowest BCUT2D eigenvalue weighted by molar-refractivity contribution is 0.0894. The van der Waals surface area contributed by atoms with Crippen LogP contribution in [0.2, 0.25) is 0 Å². The van der Waals surface area contributed by atoms with Gasteiger partial charge in [0.2, 0.25) is 0 Å². The summed E-state index contributed by atoms with van der Waals surface area (Å²) >= 11 is 2.27. The van der Waals surface area contributed by atoms with Gasteiger partial charge in [-0.15, -0.1) is 0 Å². The number of alkyl halides is 3. The smallest absolute Gasteiger partial charge is 0.193 e. The van der Waals surface area contributed by atoms with Crippen LogP contribution in [0.25, 0.3) is 0 Å². The van der Waals surface area contributed by atoms with Gasteiger partial charge in [-0.25, -0.2) is 0 Å². The van der Waals surface area contributed by atoms with Gasteiger partial charge < -0.3 is 0 Å². The van der Waals surface area contributed by atoms with Crippen LogP contribution < -0.4 is 0 Å². The molecule has 0 heterocycles. The Hall–Kier alpha value is 0.340. The molecule has 1 rings (SSSR count). The lowest BCUT2D eigenvalue weighted by Gasteiger charge is -2.02. The summed E-state index contributed by atoms with van der Waals surface area (Å²) in [5, 5.41) is 0. The van der Waals surface area contributed by atoms with Gasteiger partial charge in [-0.1, -0.05) is 0 Å². The zero-order chi connectivity index (χ0) is 5.49. The Balaban J connectivity index is 2.36. The first-order valence-electron chi connectivity index (χ1n) is 2.17. The van der Waals surface area contributed by atoms with E-state index in [1.165, 1.54) is 0 Å². The summed E-state index contributed by atoms with van der Waals surface area (Å²) in [5.41, 5.74) is 0. The largest absolute Gasteiger partial charge is 0.304 e. The van der Waals surface area contributed by atoms with E-state index in [9.17, 15) is 8.78 Å². The molecule has 0 spiro atoms. The first-order valence-corrected chi connectivity index (χ1v) is 2.97. The van der Waals surface area contributed by atoms with Crippen molar-refractivity contribution in [3.8, 4) is 0 Å². The molecule has 3 heteroatoms. The van der Waals surface area contributed by atoms with E-state index in [1.807, 2.05) is 0 Å². The molecule has 0 aromatic carbocycles. The van der Waals surface area contributed by atoms with Crippen LogP contribution in [0.15, 0.2) is 0 Å². The van der Waals surface area contributed by atoms with Crippen LogP contribution in [0.1, 0.15) is 12.8 Å². The maximum absolute atomic E-state index is 11.8. The van der Waals surface area contributed by atoms with Gasteiger partial charge in [-0.05, 0) is 28.8 Å². The van der Waals surface area contributed by atoms with Crippen molar-refractivity contribution in [2.24, 2.45) is 5.92 Å². The van der Waals surface area contributed by atoms with Crippen molar-refractivity contribution in [3.63, 3.8) is 0 Å². The first kappa shape index (κ1) is 5.48. The first-order chi connectivity index (χ1) is 3.11. The number of hydrogen-bond acceptors (Lipinski definition) is 0. The highest BCUT2D eigenvalue weighted by Crippen LogP contribution is 2.46. The van der Waals surface area contributed by atoms with Gasteiger partial charge in [0.25, 0.3) is 0 Å². The summed E-state index contributed by atoms with van der Waals surface area (Å²) in [6, 6.07) is 0. The summed E-state index contributed by atoms with van der Waals surface area (Å²) < 4.78 is 23.6. The number of halogens is 3. The Labute approximate surface area is 49.0 Å². The second-order valence-electron chi connectivity index (χ2n) is 1.82. The lowest BCUT2D eigenvalue weighted by atomic mass is 10.5. The van der Waals surface area contributed by atoms with Crippen molar-refractivity contribution < 1.29 is 8.78 Å². The van der Waals surface area contributed by atoms with Crippen LogP contribution in [0.3, 0.4) is 0 Å². The molecule has 0 bridgehead atoms. The molecule has 1 aliphatic rings. The predicted octanol–water partition coefficient (Wildman–Crippen LogP) is 2.38. The molecule has 0 atom stereocenters. The summed E-state index contributed by atoms with van der Waals surface area (Å²) in [4.78, 5) is -2.58. The van der Waals surface area contributed by atoms with Crippen molar-refractivity contribution in [2.75, 3.05) is 0 Å². The van der Waals surface area contributed by atoms with Crippen molar-refractivity contribution >= 4 is 15.9 Å². The average molecular weight is 171 g/mol. The molecule has 0 saturated heterocycles. The molecule has 0 nitrogen and oxygen atoms in total. The highest BCUT2D eigenvalue weighted by atomic mass is 79.9. The predicted molar refractivity (Wildman–Crippen MR) is 26.6 cm³/mol. The van der Waals surface area contributed by atoms with E-state index in [1.54, 1.807) is 0 Å². The maximum atomic E-state index is 11.8. The minimum absolute atomic E-state index is 0.368. The minimum atomic E-state index is -2.58. The molecule has 0 amide bonds. The van der Waals surface area contributed by atoms with Gasteiger partial charge in [0.1, 0.15) is 0 Å². The molecule has 0 N–H and O–H groups in total. The van der Waals surface area contributed by atoms with E-state index in [4.69, 9.17) is 0 Å². The highest BCUT2D eigenvalue weighted by Gasteiger charge is 2.44. The Bertz CT molecular complexity index is 72.2. The van der Waals surface area contributed by atoms with Gasteiger partial charge in [-0.3, -0.25) is 0 Å². The Kier molecular flexibility index (Phi) is 1.10. The standard InChI is InChI=1S/C4H5BrF2/c5-4(6,7)3-1-2-3/h3H,1-2H2. The van der Waals surface area contributed by atoms with Crippen LogP contribution in [-0.4, -0.2) is 4.83 Å². The summed E-state index contributed by atoms with van der Waals surface area (Å²) in [6.07, 6.45) is 1.36. The molecule has 0 aliphatic heterocycles. The Morgan fingerprint density at radius 1 is 1.43 bits per heavy atom. The van der Waals surface area contributed by atoms with Crippen LogP contribution in [0.4, 0.5) is 8.78 Å². The zero-order valence-electron chi connectivity index (χ0n) is 3.63. The van der Waals surface area contributed by atoms with E-state index in [2.05, 4.69) is 15.9 Å². The van der Waals surface area contributed by atoms with Gasteiger partial charge in [0.05, 0.1) is 0 Å². The minimum Gasteiger partial charge on any atom is -0.193 e. The van der Waals surface area contributed by atoms with E-state index >= 15 is 0 Å². The summed E-state index contributed by atoms with van der Waals surface area (Å²) in [6.45, 7) is 0. The molecule has 7 heavy (non-hydrogen) atoms. The molecule has 0 aromatic heterocycles. The summed E-state index contributed by atoms with van der Waals surface area (Å²) in [5.74, 6) is -0.368. The third-order valence-corrected chi connectivity index (χ3v) is 1.69. The molecule has 1 saturated carbocycles. The lowest BCUT2D eigenvalue weighted by Crippen LogP contribution is -2.05. The van der Waals surface area contributed by atoms with E-state index in [0.717, 1.165) is 0 Å². The fourth-order valence-electron chi connectivity index (χ4n) is 0.411. The average Bonchev–Trinajstić information content (AvgIpc) is 1.99. The van der Waals surface area contributed by atoms with Crippen LogP contribution in [0, 0.1) is 5.92 Å². The highest BCUT2D eigenvalue weighted by molar-refractivity contribution is 9.10. The van der Waals surface area contributed by atoms with Crippen molar-refractivity contribution in [3.05, 3.63) is 0 Å². The van der Waals surface area contributed by atoms with Gasteiger partial charge in [0.15, 0.2) is 0 Å². The SMILES string of the molecule is FC(F)(Br)C1CC1. The van der Waals surface area contributed by atoms with Crippen molar-refractivity contribution in [2.45, 2.75) is 17.7 Å². The third-order valence-electron chi connectivity index (χ3n) is 1.04. The molecular weight excluding hydrogens is 166 g/mol. The van der Waals surface area contributed by atoms with Crippen molar-refractivity contribution in [1.29, 1.82) is 0 Å². The molecule has 0 unspecified atom stereocenters. The summed E-state index contributed by atoms with van der Waals surface area (Å²) in [7, 11) is 0. The van der Waals surface area contributed by atoms with E-state index in [0.29, 0.717) is 12.8 Å². The molecule has 1 fully saturated rings. The second kappa shape index (κ2) is 1.41. The monoisotopic (exact) mass is 170 g/mol. The molecule has 1 aliphatic carbocycles. The third kappa shape index (κ3) is 1.37.